The van der Waals surface area contributed by atoms with Gasteiger partial charge in [0.05, 0.1) is 25.4 Å². The zero-order valence-corrected chi connectivity index (χ0v) is 27.6. The molecule has 45 heavy (non-hydrogen) atoms. The molecule has 0 bridgehead atoms. The van der Waals surface area contributed by atoms with Gasteiger partial charge in [0.1, 0.15) is 24.4 Å². The molecule has 1 rings (SSSR count). The van der Waals surface area contributed by atoms with Gasteiger partial charge in [-0.25, -0.2) is 0 Å². The van der Waals surface area contributed by atoms with Crippen molar-refractivity contribution in [3.63, 3.8) is 0 Å². The number of ether oxygens (including phenoxy) is 2. The number of allylic oxidation sites excluding steroid dienone is 9. The number of hydrogen-bond donors (Lipinski definition) is 6. The van der Waals surface area contributed by atoms with Gasteiger partial charge in [0.2, 0.25) is 5.91 Å². The molecule has 7 atom stereocenters. The first kappa shape index (κ1) is 40.9. The smallest absolute Gasteiger partial charge is 0.220 e. The molecule has 0 aromatic rings. The number of unbranched alkanes of at least 4 members (excludes halogenated alkanes) is 8. The van der Waals surface area contributed by atoms with Gasteiger partial charge >= 0.3 is 0 Å². The van der Waals surface area contributed by atoms with Crippen LogP contribution >= 0.6 is 0 Å². The summed E-state index contributed by atoms with van der Waals surface area (Å²) in [7, 11) is 0. The zero-order chi connectivity index (χ0) is 33.1. The Morgan fingerprint density at radius 2 is 1.42 bits per heavy atom. The van der Waals surface area contributed by atoms with Crippen LogP contribution < -0.4 is 5.32 Å². The molecule has 1 saturated heterocycles. The lowest BCUT2D eigenvalue weighted by Crippen LogP contribution is -2.60. The van der Waals surface area contributed by atoms with Crippen LogP contribution in [0.1, 0.15) is 104 Å². The number of carbonyl (C=O) groups excluding carboxylic acids is 1. The molecule has 9 heteroatoms. The number of amides is 1. The fraction of sp³-hybridized carbons (Fsp3) is 0.694. The molecule has 1 aliphatic heterocycles. The third-order valence-electron chi connectivity index (χ3n) is 7.65. The number of carbonyl (C=O) groups is 1. The maximum absolute atomic E-state index is 12.7. The zero-order valence-electron chi connectivity index (χ0n) is 27.6. The van der Waals surface area contributed by atoms with Crippen molar-refractivity contribution < 1.29 is 39.8 Å². The predicted molar refractivity (Wildman–Crippen MR) is 179 cm³/mol. The summed E-state index contributed by atoms with van der Waals surface area (Å²) in [6, 6.07) is -0.855. The van der Waals surface area contributed by atoms with E-state index in [0.29, 0.717) is 12.8 Å². The average Bonchev–Trinajstić information content (AvgIpc) is 3.04. The van der Waals surface area contributed by atoms with Crippen LogP contribution in [0.25, 0.3) is 0 Å². The van der Waals surface area contributed by atoms with Crippen molar-refractivity contribution in [3.8, 4) is 0 Å². The Kier molecular flexibility index (Phi) is 24.6. The van der Waals surface area contributed by atoms with Gasteiger partial charge in [0.25, 0.3) is 0 Å². The molecule has 0 aromatic carbocycles. The van der Waals surface area contributed by atoms with Crippen LogP contribution in [0.4, 0.5) is 0 Å². The fourth-order valence-corrected chi connectivity index (χ4v) is 4.83. The van der Waals surface area contributed by atoms with Crippen molar-refractivity contribution in [2.24, 2.45) is 0 Å². The van der Waals surface area contributed by atoms with E-state index < -0.39 is 49.5 Å². The first-order chi connectivity index (χ1) is 21.8. The predicted octanol–water partition coefficient (Wildman–Crippen LogP) is 4.93. The maximum Gasteiger partial charge on any atom is 0.220 e. The van der Waals surface area contributed by atoms with Crippen LogP contribution in [0.3, 0.4) is 0 Å². The Hall–Kier alpha value is -2.11. The number of aliphatic hydroxyl groups excluding tert-OH is 5. The largest absolute Gasteiger partial charge is 0.394 e. The van der Waals surface area contributed by atoms with E-state index in [-0.39, 0.29) is 18.9 Å². The second kappa shape index (κ2) is 27.0. The number of rotatable bonds is 25. The van der Waals surface area contributed by atoms with Crippen molar-refractivity contribution in [2.45, 2.75) is 147 Å². The van der Waals surface area contributed by atoms with Gasteiger partial charge in [-0.1, -0.05) is 99.8 Å². The Labute approximate surface area is 271 Å². The van der Waals surface area contributed by atoms with E-state index in [1.54, 1.807) is 6.08 Å². The number of hydrogen-bond acceptors (Lipinski definition) is 8. The highest BCUT2D eigenvalue weighted by Crippen LogP contribution is 2.22. The minimum atomic E-state index is -1.58. The van der Waals surface area contributed by atoms with Gasteiger partial charge in [-0.15, -0.1) is 0 Å². The fourth-order valence-electron chi connectivity index (χ4n) is 4.83. The Morgan fingerprint density at radius 1 is 0.800 bits per heavy atom. The Morgan fingerprint density at radius 3 is 2.11 bits per heavy atom. The summed E-state index contributed by atoms with van der Waals surface area (Å²) in [4.78, 5) is 12.7. The molecule has 1 heterocycles. The van der Waals surface area contributed by atoms with Crippen molar-refractivity contribution in [3.05, 3.63) is 60.8 Å². The molecule has 0 saturated carbocycles. The highest BCUT2D eigenvalue weighted by molar-refractivity contribution is 5.76. The summed E-state index contributed by atoms with van der Waals surface area (Å²) in [6.45, 7) is 3.41. The summed E-state index contributed by atoms with van der Waals surface area (Å²) in [6.07, 6.45) is 25.9. The first-order valence-corrected chi connectivity index (χ1v) is 17.0. The van der Waals surface area contributed by atoms with Gasteiger partial charge in [-0.2, -0.15) is 0 Å². The lowest BCUT2D eigenvalue weighted by molar-refractivity contribution is -0.302. The standard InChI is InChI=1S/C36H61NO8/c1-3-5-7-9-11-13-14-15-16-18-20-22-24-26-32(40)37-29(30(39)25-23-21-19-17-12-10-8-6-4-2)28-44-36-35(43)34(42)33(41)31(27-38)45-36/h4,6,12,15-17,20,22-23,25,29-31,33-36,38-39,41-43H,3,5,7-11,13-14,18-19,21,24,26-28H2,1-2H3,(H,37,40)/b6-4+,16-15-,17-12+,22-20-,25-23+. The second-order valence-corrected chi connectivity index (χ2v) is 11.6. The lowest BCUT2D eigenvalue weighted by Gasteiger charge is -2.40. The van der Waals surface area contributed by atoms with E-state index in [4.69, 9.17) is 9.47 Å². The molecule has 258 valence electrons. The highest BCUT2D eigenvalue weighted by Gasteiger charge is 2.44. The molecule has 1 aliphatic rings. The number of aliphatic hydroxyl groups is 5. The maximum atomic E-state index is 12.7. The summed E-state index contributed by atoms with van der Waals surface area (Å²) in [5, 5.41) is 53.5. The van der Waals surface area contributed by atoms with Gasteiger partial charge in [0.15, 0.2) is 6.29 Å². The Bertz CT molecular complexity index is 884. The van der Waals surface area contributed by atoms with Crippen LogP contribution in [-0.2, 0) is 14.3 Å². The lowest BCUT2D eigenvalue weighted by atomic mass is 9.99. The van der Waals surface area contributed by atoms with Gasteiger partial charge in [-0.05, 0) is 58.3 Å². The van der Waals surface area contributed by atoms with Crippen LogP contribution in [0.2, 0.25) is 0 Å². The summed E-state index contributed by atoms with van der Waals surface area (Å²) >= 11 is 0. The van der Waals surface area contributed by atoms with Gasteiger partial charge < -0.3 is 40.3 Å². The molecule has 0 radical (unpaired) electrons. The molecule has 0 spiro atoms. The van der Waals surface area contributed by atoms with Crippen LogP contribution in [0.15, 0.2) is 60.8 Å². The van der Waals surface area contributed by atoms with Crippen molar-refractivity contribution >= 4 is 5.91 Å². The van der Waals surface area contributed by atoms with E-state index in [2.05, 4.69) is 42.6 Å². The molecule has 7 unspecified atom stereocenters. The van der Waals surface area contributed by atoms with E-state index >= 15 is 0 Å². The molecule has 0 aromatic heterocycles. The molecule has 1 fully saturated rings. The minimum Gasteiger partial charge on any atom is -0.394 e. The molecular weight excluding hydrogens is 574 g/mol. The van der Waals surface area contributed by atoms with Gasteiger partial charge in [-0.3, -0.25) is 4.79 Å². The third kappa shape index (κ3) is 19.2. The van der Waals surface area contributed by atoms with Crippen LogP contribution in [0.5, 0.6) is 0 Å². The van der Waals surface area contributed by atoms with Crippen molar-refractivity contribution in [1.82, 2.24) is 5.32 Å². The topological polar surface area (TPSA) is 149 Å². The first-order valence-electron chi connectivity index (χ1n) is 17.0. The van der Waals surface area contributed by atoms with Crippen molar-refractivity contribution in [2.75, 3.05) is 13.2 Å². The average molecular weight is 636 g/mol. The van der Waals surface area contributed by atoms with E-state index in [1.807, 2.05) is 31.2 Å². The molecule has 0 aliphatic carbocycles. The Balaban J connectivity index is 2.58. The summed E-state index contributed by atoms with van der Waals surface area (Å²) in [5.41, 5.74) is 0. The number of nitrogens with one attached hydrogen (secondary N) is 1. The van der Waals surface area contributed by atoms with E-state index in [0.717, 1.165) is 32.1 Å². The monoisotopic (exact) mass is 635 g/mol. The summed E-state index contributed by atoms with van der Waals surface area (Å²) in [5.74, 6) is -0.267. The highest BCUT2D eigenvalue weighted by atomic mass is 16.7. The molecule has 6 N–H and O–H groups in total. The normalized spacial score (nSPS) is 24.1. The molecule has 1 amide bonds. The SMILES string of the molecule is C/C=C/CC/C=C/CC/C=C/C(O)C(COC1OC(CO)C(O)C(O)C1O)NC(=O)CC/C=C\C/C=C\CCCCCCCC. The second-order valence-electron chi connectivity index (χ2n) is 11.6. The van der Waals surface area contributed by atoms with Crippen LogP contribution in [-0.4, -0.2) is 87.5 Å². The van der Waals surface area contributed by atoms with E-state index in [1.165, 1.54) is 38.5 Å². The van der Waals surface area contributed by atoms with Crippen molar-refractivity contribution in [1.29, 1.82) is 0 Å². The quantitative estimate of drug-likeness (QED) is 0.0611. The van der Waals surface area contributed by atoms with Gasteiger partial charge in [0, 0.05) is 6.42 Å². The molecule has 9 nitrogen and oxygen atoms in total. The molecular formula is C36H61NO8. The van der Waals surface area contributed by atoms with E-state index in [9.17, 15) is 30.3 Å². The minimum absolute atomic E-state index is 0.225. The third-order valence-corrected chi connectivity index (χ3v) is 7.65. The van der Waals surface area contributed by atoms with Crippen LogP contribution in [0, 0.1) is 0 Å². The summed E-state index contributed by atoms with van der Waals surface area (Å²) < 4.78 is 11.1.